The first-order valence-electron chi connectivity index (χ1n) is 9.91. The zero-order chi connectivity index (χ0) is 20.4. The summed E-state index contributed by atoms with van der Waals surface area (Å²) in [5.41, 5.74) is 4.12. The lowest BCUT2D eigenvalue weighted by Crippen LogP contribution is -2.48. The van der Waals surface area contributed by atoms with Crippen molar-refractivity contribution in [3.63, 3.8) is 0 Å². The second kappa shape index (κ2) is 8.33. The first-order valence-corrected chi connectivity index (χ1v) is 10.7. The van der Waals surface area contributed by atoms with Gasteiger partial charge in [0.2, 0.25) is 0 Å². The van der Waals surface area contributed by atoms with Gasteiger partial charge in [0.25, 0.3) is 5.91 Å². The SMILES string of the molecule is CCc1ccc(-c2nc(C)c(C(=O)N3CCN(c4ccc(F)cc4)CC3)s2)cc1. The summed E-state index contributed by atoms with van der Waals surface area (Å²) in [6.45, 7) is 6.81. The van der Waals surface area contributed by atoms with Crippen molar-refractivity contribution in [3.05, 3.63) is 70.5 Å². The summed E-state index contributed by atoms with van der Waals surface area (Å²) in [7, 11) is 0. The predicted octanol–water partition coefficient (Wildman–Crippen LogP) is 4.78. The van der Waals surface area contributed by atoms with Crippen LogP contribution in [0.5, 0.6) is 0 Å². The van der Waals surface area contributed by atoms with Crippen LogP contribution in [0.25, 0.3) is 10.6 Å². The Morgan fingerprint density at radius 2 is 1.69 bits per heavy atom. The first-order chi connectivity index (χ1) is 14.0. The smallest absolute Gasteiger partial charge is 0.265 e. The van der Waals surface area contributed by atoms with Crippen LogP contribution in [0.1, 0.15) is 27.9 Å². The van der Waals surface area contributed by atoms with Crippen LogP contribution in [0, 0.1) is 12.7 Å². The fraction of sp³-hybridized carbons (Fsp3) is 0.304. The number of thiazole rings is 1. The third kappa shape index (κ3) is 4.17. The van der Waals surface area contributed by atoms with Gasteiger partial charge in [0.05, 0.1) is 5.69 Å². The van der Waals surface area contributed by atoms with E-state index in [1.165, 1.54) is 29.0 Å². The van der Waals surface area contributed by atoms with Gasteiger partial charge in [0, 0.05) is 37.4 Å². The lowest BCUT2D eigenvalue weighted by Gasteiger charge is -2.36. The molecule has 0 spiro atoms. The summed E-state index contributed by atoms with van der Waals surface area (Å²) >= 11 is 1.47. The molecule has 1 aliphatic rings. The maximum Gasteiger partial charge on any atom is 0.265 e. The number of aryl methyl sites for hydroxylation is 2. The number of carbonyl (C=O) groups excluding carboxylic acids is 1. The van der Waals surface area contributed by atoms with Gasteiger partial charge in [-0.05, 0) is 43.2 Å². The van der Waals surface area contributed by atoms with Gasteiger partial charge in [-0.25, -0.2) is 9.37 Å². The molecule has 0 radical (unpaired) electrons. The molecule has 2 heterocycles. The maximum atomic E-state index is 13.1. The Balaban J connectivity index is 1.44. The average molecular weight is 410 g/mol. The number of nitrogens with zero attached hydrogens (tertiary/aromatic N) is 3. The molecule has 2 aromatic carbocycles. The van der Waals surface area contributed by atoms with E-state index in [1.54, 1.807) is 12.1 Å². The van der Waals surface area contributed by atoms with Crippen molar-refractivity contribution >= 4 is 22.9 Å². The summed E-state index contributed by atoms with van der Waals surface area (Å²) in [5, 5.41) is 0.887. The zero-order valence-corrected chi connectivity index (χ0v) is 17.5. The molecule has 1 saturated heterocycles. The van der Waals surface area contributed by atoms with Crippen LogP contribution in [0.3, 0.4) is 0 Å². The van der Waals surface area contributed by atoms with E-state index in [0.717, 1.165) is 46.3 Å². The zero-order valence-electron chi connectivity index (χ0n) is 16.7. The van der Waals surface area contributed by atoms with Gasteiger partial charge in [-0.1, -0.05) is 31.2 Å². The Morgan fingerprint density at radius 3 is 2.31 bits per heavy atom. The van der Waals surface area contributed by atoms with E-state index in [4.69, 9.17) is 0 Å². The normalized spacial score (nSPS) is 14.3. The molecule has 0 unspecified atom stereocenters. The Labute approximate surface area is 174 Å². The van der Waals surface area contributed by atoms with Gasteiger partial charge in [0.1, 0.15) is 15.7 Å². The van der Waals surface area contributed by atoms with Crippen molar-refractivity contribution in [1.82, 2.24) is 9.88 Å². The number of aromatic nitrogens is 1. The van der Waals surface area contributed by atoms with E-state index in [-0.39, 0.29) is 11.7 Å². The maximum absolute atomic E-state index is 13.1. The fourth-order valence-corrected chi connectivity index (χ4v) is 4.60. The molecule has 1 fully saturated rings. The highest BCUT2D eigenvalue weighted by Crippen LogP contribution is 2.29. The number of carbonyl (C=O) groups is 1. The summed E-state index contributed by atoms with van der Waals surface area (Å²) in [5.74, 6) is -0.182. The molecule has 150 valence electrons. The van der Waals surface area contributed by atoms with Gasteiger partial charge < -0.3 is 9.80 Å². The van der Waals surface area contributed by atoms with Crippen LogP contribution in [-0.4, -0.2) is 42.0 Å². The number of piperazine rings is 1. The average Bonchev–Trinajstić information content (AvgIpc) is 3.15. The van der Waals surface area contributed by atoms with Gasteiger partial charge >= 0.3 is 0 Å². The summed E-state index contributed by atoms with van der Waals surface area (Å²) < 4.78 is 13.1. The van der Waals surface area contributed by atoms with Crippen molar-refractivity contribution in [2.24, 2.45) is 0 Å². The minimum absolute atomic E-state index is 0.0511. The number of amides is 1. The number of benzene rings is 2. The highest BCUT2D eigenvalue weighted by molar-refractivity contribution is 7.17. The number of halogens is 1. The molecule has 1 amide bonds. The van der Waals surface area contributed by atoms with E-state index in [9.17, 15) is 9.18 Å². The van der Waals surface area contributed by atoms with Crippen LogP contribution in [0.15, 0.2) is 48.5 Å². The molecule has 4 rings (SSSR count). The molecule has 29 heavy (non-hydrogen) atoms. The molecule has 0 bridgehead atoms. The summed E-state index contributed by atoms with van der Waals surface area (Å²) in [6, 6.07) is 14.9. The second-order valence-corrected chi connectivity index (χ2v) is 8.24. The van der Waals surface area contributed by atoms with Crippen molar-refractivity contribution < 1.29 is 9.18 Å². The Kier molecular flexibility index (Phi) is 5.62. The largest absolute Gasteiger partial charge is 0.368 e. The molecule has 1 aliphatic heterocycles. The molecular weight excluding hydrogens is 385 g/mol. The van der Waals surface area contributed by atoms with Crippen LogP contribution >= 0.6 is 11.3 Å². The van der Waals surface area contributed by atoms with E-state index in [1.807, 2.05) is 11.8 Å². The fourth-order valence-electron chi connectivity index (χ4n) is 3.56. The van der Waals surface area contributed by atoms with Crippen molar-refractivity contribution in [1.29, 1.82) is 0 Å². The molecule has 1 aromatic heterocycles. The van der Waals surface area contributed by atoms with E-state index in [2.05, 4.69) is 41.1 Å². The molecule has 0 saturated carbocycles. The molecule has 0 N–H and O–H groups in total. The molecular formula is C23H24FN3OS. The van der Waals surface area contributed by atoms with E-state index in [0.29, 0.717) is 13.1 Å². The third-order valence-corrected chi connectivity index (χ3v) is 6.55. The molecule has 0 atom stereocenters. The predicted molar refractivity (Wildman–Crippen MR) is 116 cm³/mol. The third-order valence-electron chi connectivity index (χ3n) is 5.36. The topological polar surface area (TPSA) is 36.4 Å². The molecule has 4 nitrogen and oxygen atoms in total. The van der Waals surface area contributed by atoms with Crippen LogP contribution in [0.4, 0.5) is 10.1 Å². The number of rotatable bonds is 4. The number of hydrogen-bond acceptors (Lipinski definition) is 4. The monoisotopic (exact) mass is 409 g/mol. The van der Waals surface area contributed by atoms with Gasteiger partial charge in [-0.3, -0.25) is 4.79 Å². The van der Waals surface area contributed by atoms with E-state index < -0.39 is 0 Å². The Bertz CT molecular complexity index is 990. The van der Waals surface area contributed by atoms with Crippen LogP contribution in [0.2, 0.25) is 0 Å². The van der Waals surface area contributed by atoms with Gasteiger partial charge in [0.15, 0.2) is 0 Å². The summed E-state index contributed by atoms with van der Waals surface area (Å²) in [4.78, 5) is 22.5. The van der Waals surface area contributed by atoms with Crippen LogP contribution in [-0.2, 0) is 6.42 Å². The lowest BCUT2D eigenvalue weighted by molar-refractivity contribution is 0.0750. The number of hydrogen-bond donors (Lipinski definition) is 0. The molecule has 0 aliphatic carbocycles. The highest BCUT2D eigenvalue weighted by Gasteiger charge is 2.25. The Hall–Kier alpha value is -2.73. The van der Waals surface area contributed by atoms with E-state index >= 15 is 0 Å². The molecule has 6 heteroatoms. The first kappa shape index (κ1) is 19.6. The lowest BCUT2D eigenvalue weighted by atomic mass is 10.1. The summed E-state index contributed by atoms with van der Waals surface area (Å²) in [6.07, 6.45) is 1.00. The van der Waals surface area contributed by atoms with Gasteiger partial charge in [-0.2, -0.15) is 0 Å². The minimum atomic E-state index is -0.233. The standard InChI is InChI=1S/C23H24FN3OS/c1-3-17-4-6-18(7-5-17)22-25-16(2)21(29-22)23(28)27-14-12-26(13-15-27)20-10-8-19(24)9-11-20/h4-11H,3,12-15H2,1-2H3. The van der Waals surface area contributed by atoms with Gasteiger partial charge in [-0.15, -0.1) is 11.3 Å². The number of anilines is 1. The quantitative estimate of drug-likeness (QED) is 0.622. The Morgan fingerprint density at radius 1 is 1.03 bits per heavy atom. The van der Waals surface area contributed by atoms with Crippen molar-refractivity contribution in [2.45, 2.75) is 20.3 Å². The molecule has 3 aromatic rings. The van der Waals surface area contributed by atoms with Crippen LogP contribution < -0.4 is 4.90 Å². The van der Waals surface area contributed by atoms with Crippen molar-refractivity contribution in [3.8, 4) is 10.6 Å². The minimum Gasteiger partial charge on any atom is -0.368 e. The van der Waals surface area contributed by atoms with Crippen molar-refractivity contribution in [2.75, 3.05) is 31.1 Å². The highest BCUT2D eigenvalue weighted by atomic mass is 32.1. The second-order valence-electron chi connectivity index (χ2n) is 7.24.